The molecule has 3 aromatic rings. The maximum Gasteiger partial charge on any atom is 0.416 e. The van der Waals surface area contributed by atoms with Gasteiger partial charge in [0.15, 0.2) is 0 Å². The second kappa shape index (κ2) is 6.00. The molecule has 1 aromatic carbocycles. The van der Waals surface area contributed by atoms with Gasteiger partial charge in [0.05, 0.1) is 11.3 Å². The Kier molecular flexibility index (Phi) is 4.01. The summed E-state index contributed by atoms with van der Waals surface area (Å²) >= 11 is 0.914. The summed E-state index contributed by atoms with van der Waals surface area (Å²) in [4.78, 5) is 12.3. The van der Waals surface area contributed by atoms with E-state index >= 15 is 0 Å². The highest BCUT2D eigenvalue weighted by Crippen LogP contribution is 2.31. The summed E-state index contributed by atoms with van der Waals surface area (Å²) < 4.78 is 46.5. The van der Waals surface area contributed by atoms with Gasteiger partial charge in [-0.05, 0) is 42.7 Å². The van der Waals surface area contributed by atoms with Gasteiger partial charge in [0.2, 0.25) is 5.89 Å². The smallest absolute Gasteiger partial charge is 0.403 e. The SMILES string of the molecule is Cc1nnsc1C(=O)Nc1nnc(-c2ccc(C(F)(F)F)cc2)o1. The van der Waals surface area contributed by atoms with Crippen molar-refractivity contribution in [2.75, 3.05) is 5.32 Å². The number of anilines is 1. The van der Waals surface area contributed by atoms with Gasteiger partial charge in [0.1, 0.15) is 4.88 Å². The number of hydrogen-bond donors (Lipinski definition) is 1. The summed E-state index contributed by atoms with van der Waals surface area (Å²) in [6.45, 7) is 1.62. The van der Waals surface area contributed by atoms with E-state index < -0.39 is 17.6 Å². The summed E-state index contributed by atoms with van der Waals surface area (Å²) in [5, 5.41) is 13.4. The van der Waals surface area contributed by atoms with Crippen LogP contribution in [0.4, 0.5) is 19.2 Å². The topological polar surface area (TPSA) is 93.8 Å². The summed E-state index contributed by atoms with van der Waals surface area (Å²) in [5.74, 6) is -0.525. The molecule has 0 saturated heterocycles. The molecule has 0 aliphatic carbocycles. The molecule has 7 nitrogen and oxygen atoms in total. The van der Waals surface area contributed by atoms with E-state index in [1.165, 1.54) is 12.1 Å². The molecule has 0 atom stereocenters. The molecule has 0 unspecified atom stereocenters. The lowest BCUT2D eigenvalue weighted by atomic mass is 10.1. The predicted octanol–water partition coefficient (Wildman–Crippen LogP) is 3.17. The normalized spacial score (nSPS) is 11.5. The maximum atomic E-state index is 12.5. The largest absolute Gasteiger partial charge is 0.416 e. The number of nitrogens with one attached hydrogen (secondary N) is 1. The summed E-state index contributed by atoms with van der Waals surface area (Å²) in [6.07, 6.45) is -4.42. The summed E-state index contributed by atoms with van der Waals surface area (Å²) in [5.41, 5.74) is -0.0286. The number of hydrogen-bond acceptors (Lipinski definition) is 7. The van der Waals surface area contributed by atoms with Crippen LogP contribution >= 0.6 is 11.5 Å². The molecule has 1 amide bonds. The highest BCUT2D eigenvalue weighted by molar-refractivity contribution is 7.08. The van der Waals surface area contributed by atoms with Crippen molar-refractivity contribution in [2.45, 2.75) is 13.1 Å². The fourth-order valence-corrected chi connectivity index (χ4v) is 2.34. The van der Waals surface area contributed by atoms with E-state index in [1.54, 1.807) is 6.92 Å². The summed E-state index contributed by atoms with van der Waals surface area (Å²) in [7, 11) is 0. The molecule has 0 saturated carbocycles. The van der Waals surface area contributed by atoms with Crippen molar-refractivity contribution < 1.29 is 22.4 Å². The number of nitrogens with zero attached hydrogens (tertiary/aromatic N) is 4. The number of halogens is 3. The van der Waals surface area contributed by atoms with Gasteiger partial charge in [-0.1, -0.05) is 9.59 Å². The minimum Gasteiger partial charge on any atom is -0.403 e. The van der Waals surface area contributed by atoms with Gasteiger partial charge in [0, 0.05) is 5.56 Å². The maximum absolute atomic E-state index is 12.5. The average Bonchev–Trinajstić information content (AvgIpc) is 3.15. The number of carbonyl (C=O) groups is 1. The molecule has 24 heavy (non-hydrogen) atoms. The van der Waals surface area contributed by atoms with E-state index in [-0.39, 0.29) is 11.9 Å². The van der Waals surface area contributed by atoms with Gasteiger partial charge in [-0.15, -0.1) is 10.2 Å². The van der Waals surface area contributed by atoms with E-state index in [0.29, 0.717) is 16.1 Å². The molecule has 124 valence electrons. The van der Waals surface area contributed by atoms with Crippen molar-refractivity contribution in [3.8, 4) is 11.5 Å². The molecular weight excluding hydrogens is 347 g/mol. The Morgan fingerprint density at radius 2 is 1.88 bits per heavy atom. The van der Waals surface area contributed by atoms with Gasteiger partial charge in [0.25, 0.3) is 5.91 Å². The molecule has 0 spiro atoms. The third-order valence-electron chi connectivity index (χ3n) is 2.96. The van der Waals surface area contributed by atoms with Crippen molar-refractivity contribution in [2.24, 2.45) is 0 Å². The van der Waals surface area contributed by atoms with Crippen LogP contribution in [0.5, 0.6) is 0 Å². The van der Waals surface area contributed by atoms with Crippen LogP contribution in [-0.2, 0) is 6.18 Å². The first kappa shape index (κ1) is 16.1. The Balaban J connectivity index is 1.76. The second-order valence-electron chi connectivity index (χ2n) is 4.63. The molecule has 2 aromatic heterocycles. The third kappa shape index (κ3) is 3.25. The fraction of sp³-hybridized carbons (Fsp3) is 0.154. The molecular formula is C13H8F3N5O2S. The monoisotopic (exact) mass is 355 g/mol. The zero-order valence-electron chi connectivity index (χ0n) is 12.0. The molecule has 3 rings (SSSR count). The number of carbonyl (C=O) groups excluding carboxylic acids is 1. The fourth-order valence-electron chi connectivity index (χ4n) is 1.79. The lowest BCUT2D eigenvalue weighted by molar-refractivity contribution is -0.137. The quantitative estimate of drug-likeness (QED) is 0.776. The Labute approximate surface area is 136 Å². The zero-order valence-corrected chi connectivity index (χ0v) is 12.8. The minimum atomic E-state index is -4.42. The number of alkyl halides is 3. The zero-order chi connectivity index (χ0) is 17.3. The molecule has 1 N–H and O–H groups in total. The second-order valence-corrected chi connectivity index (χ2v) is 5.38. The number of aromatic nitrogens is 4. The van der Waals surface area contributed by atoms with Crippen LogP contribution in [0.25, 0.3) is 11.5 Å². The van der Waals surface area contributed by atoms with Crippen molar-refractivity contribution in [1.82, 2.24) is 19.8 Å². The summed E-state index contributed by atoms with van der Waals surface area (Å²) in [6, 6.07) is 4.05. The number of aryl methyl sites for hydroxylation is 1. The molecule has 0 radical (unpaired) electrons. The molecule has 0 aliphatic rings. The van der Waals surface area contributed by atoms with Gasteiger partial charge in [-0.3, -0.25) is 10.1 Å². The average molecular weight is 355 g/mol. The van der Waals surface area contributed by atoms with Crippen molar-refractivity contribution >= 4 is 23.5 Å². The van der Waals surface area contributed by atoms with Crippen LogP contribution in [0.2, 0.25) is 0 Å². The lowest BCUT2D eigenvalue weighted by Gasteiger charge is -2.05. The van der Waals surface area contributed by atoms with E-state index in [9.17, 15) is 18.0 Å². The first-order valence-electron chi connectivity index (χ1n) is 6.46. The van der Waals surface area contributed by atoms with E-state index in [2.05, 4.69) is 25.1 Å². The third-order valence-corrected chi connectivity index (χ3v) is 3.79. The molecule has 0 aliphatic heterocycles. The van der Waals surface area contributed by atoms with Crippen molar-refractivity contribution in [1.29, 1.82) is 0 Å². The number of benzene rings is 1. The van der Waals surface area contributed by atoms with Gasteiger partial charge >= 0.3 is 12.2 Å². The Morgan fingerprint density at radius 1 is 1.17 bits per heavy atom. The molecule has 0 bridgehead atoms. The lowest BCUT2D eigenvalue weighted by Crippen LogP contribution is -2.11. The van der Waals surface area contributed by atoms with Crippen LogP contribution in [0.1, 0.15) is 20.9 Å². The van der Waals surface area contributed by atoms with E-state index in [1.807, 2.05) is 0 Å². The van der Waals surface area contributed by atoms with Crippen LogP contribution in [0.15, 0.2) is 28.7 Å². The Morgan fingerprint density at radius 3 is 2.46 bits per heavy atom. The van der Waals surface area contributed by atoms with Gasteiger partial charge in [-0.2, -0.15) is 13.2 Å². The van der Waals surface area contributed by atoms with Crippen molar-refractivity contribution in [3.05, 3.63) is 40.4 Å². The van der Waals surface area contributed by atoms with Crippen LogP contribution in [0, 0.1) is 6.92 Å². The molecule has 11 heteroatoms. The highest BCUT2D eigenvalue weighted by atomic mass is 32.1. The highest BCUT2D eigenvalue weighted by Gasteiger charge is 2.30. The van der Waals surface area contributed by atoms with Crippen LogP contribution in [0.3, 0.4) is 0 Å². The first-order chi connectivity index (χ1) is 11.3. The standard InChI is InChI=1S/C13H8F3N5O2S/c1-6-9(24-21-18-6)10(22)17-12-20-19-11(23-12)7-2-4-8(5-3-7)13(14,15)16/h2-5H,1H3,(H,17,20,22). The molecule has 0 fully saturated rings. The van der Waals surface area contributed by atoms with Gasteiger partial charge in [-0.25, -0.2) is 0 Å². The number of rotatable bonds is 3. The van der Waals surface area contributed by atoms with Crippen LogP contribution < -0.4 is 5.32 Å². The van der Waals surface area contributed by atoms with E-state index in [0.717, 1.165) is 23.7 Å². The van der Waals surface area contributed by atoms with E-state index in [4.69, 9.17) is 4.42 Å². The Bertz CT molecular complexity index is 872. The molecule has 2 heterocycles. The van der Waals surface area contributed by atoms with Crippen LogP contribution in [-0.4, -0.2) is 25.7 Å². The Hall–Kier alpha value is -2.82. The first-order valence-corrected chi connectivity index (χ1v) is 7.23. The minimum absolute atomic E-state index is 0.0156. The van der Waals surface area contributed by atoms with Crippen molar-refractivity contribution in [3.63, 3.8) is 0 Å². The number of amides is 1. The predicted molar refractivity (Wildman–Crippen MR) is 77.3 cm³/mol. The van der Waals surface area contributed by atoms with Gasteiger partial charge < -0.3 is 4.42 Å².